The maximum Gasteiger partial charge on any atom is 0.266 e. The van der Waals surface area contributed by atoms with E-state index in [0.717, 1.165) is 48.6 Å². The van der Waals surface area contributed by atoms with E-state index in [2.05, 4.69) is 4.98 Å². The number of aryl methyl sites for hydroxylation is 1. The molecule has 0 N–H and O–H groups in total. The Morgan fingerprint density at radius 3 is 2.67 bits per heavy atom. The first kappa shape index (κ1) is 18.6. The van der Waals surface area contributed by atoms with Crippen molar-refractivity contribution < 1.29 is 13.9 Å². The van der Waals surface area contributed by atoms with Crippen molar-refractivity contribution in [2.75, 3.05) is 20.3 Å². The van der Waals surface area contributed by atoms with Crippen LogP contribution in [0.5, 0.6) is 0 Å². The smallest absolute Gasteiger partial charge is 0.266 e. The van der Waals surface area contributed by atoms with Crippen molar-refractivity contribution in [3.63, 3.8) is 0 Å². The number of ether oxygens (including phenoxy) is 1. The summed E-state index contributed by atoms with van der Waals surface area (Å²) >= 11 is 1.51. The predicted octanol–water partition coefficient (Wildman–Crippen LogP) is 4.71. The van der Waals surface area contributed by atoms with Gasteiger partial charge in [0.15, 0.2) is 0 Å². The van der Waals surface area contributed by atoms with E-state index in [1.165, 1.54) is 23.5 Å². The fourth-order valence-corrected chi connectivity index (χ4v) is 5.07. The second-order valence-corrected chi connectivity index (χ2v) is 8.66. The number of amides is 1. The Bertz CT molecular complexity index is 810. The molecule has 1 saturated carbocycles. The number of carbonyl (C=O) groups is 1. The normalized spacial score (nSPS) is 21.1. The minimum Gasteiger partial charge on any atom is -0.381 e. The van der Waals surface area contributed by atoms with Crippen LogP contribution in [0.15, 0.2) is 24.3 Å². The zero-order valence-corrected chi connectivity index (χ0v) is 16.6. The Morgan fingerprint density at radius 1 is 1.30 bits per heavy atom. The average molecular weight is 389 g/mol. The molecule has 4 nitrogen and oxygen atoms in total. The summed E-state index contributed by atoms with van der Waals surface area (Å²) in [5.41, 5.74) is 1.80. The van der Waals surface area contributed by atoms with Crippen LogP contribution >= 0.6 is 11.3 Å². The first-order chi connectivity index (χ1) is 13.0. The molecule has 1 aliphatic carbocycles. The Hall–Kier alpha value is -1.79. The molecule has 2 atom stereocenters. The Labute approximate surface area is 163 Å². The minimum absolute atomic E-state index is 0.00852. The number of halogens is 1. The molecule has 27 heavy (non-hydrogen) atoms. The lowest BCUT2D eigenvalue weighted by molar-refractivity contribution is 0.0714. The highest BCUT2D eigenvalue weighted by molar-refractivity contribution is 7.13. The summed E-state index contributed by atoms with van der Waals surface area (Å²) in [5.74, 6) is 0.503. The maximum absolute atomic E-state index is 13.3. The largest absolute Gasteiger partial charge is 0.381 e. The molecule has 1 aliphatic heterocycles. The van der Waals surface area contributed by atoms with Crippen molar-refractivity contribution >= 4 is 17.2 Å². The van der Waals surface area contributed by atoms with E-state index >= 15 is 0 Å². The third-order valence-electron chi connectivity index (χ3n) is 5.53. The highest BCUT2D eigenvalue weighted by Gasteiger charge is 2.38. The molecule has 2 unspecified atom stereocenters. The van der Waals surface area contributed by atoms with Gasteiger partial charge in [-0.05, 0) is 56.2 Å². The van der Waals surface area contributed by atoms with Crippen LogP contribution in [0.2, 0.25) is 0 Å². The van der Waals surface area contributed by atoms with E-state index in [0.29, 0.717) is 23.3 Å². The van der Waals surface area contributed by atoms with E-state index in [-0.39, 0.29) is 17.8 Å². The van der Waals surface area contributed by atoms with Crippen LogP contribution < -0.4 is 0 Å². The molecule has 144 valence electrons. The van der Waals surface area contributed by atoms with Crippen molar-refractivity contribution in [2.24, 2.45) is 5.92 Å². The molecule has 2 fully saturated rings. The summed E-state index contributed by atoms with van der Waals surface area (Å²) in [6.45, 7) is 3.42. The van der Waals surface area contributed by atoms with Crippen molar-refractivity contribution in [1.82, 2.24) is 9.88 Å². The van der Waals surface area contributed by atoms with Crippen LogP contribution in [0.3, 0.4) is 0 Å². The van der Waals surface area contributed by atoms with Crippen molar-refractivity contribution in [3.05, 3.63) is 51.2 Å². The number of aromatic nitrogens is 1. The summed E-state index contributed by atoms with van der Waals surface area (Å²) < 4.78 is 18.9. The van der Waals surface area contributed by atoms with Crippen LogP contribution in [0, 0.1) is 18.7 Å². The number of hydrogen-bond donors (Lipinski definition) is 0. The summed E-state index contributed by atoms with van der Waals surface area (Å²) in [4.78, 5) is 20.5. The minimum atomic E-state index is -0.250. The lowest BCUT2D eigenvalue weighted by atomic mass is 10.0. The molecule has 0 radical (unpaired) electrons. The van der Waals surface area contributed by atoms with Gasteiger partial charge in [0.2, 0.25) is 0 Å². The second kappa shape index (κ2) is 7.68. The summed E-state index contributed by atoms with van der Waals surface area (Å²) in [6, 6.07) is 6.53. The maximum atomic E-state index is 13.3. The van der Waals surface area contributed by atoms with Crippen LogP contribution in [-0.4, -0.2) is 36.1 Å². The van der Waals surface area contributed by atoms with Crippen LogP contribution in [-0.2, 0) is 4.74 Å². The molecule has 4 rings (SSSR count). The summed E-state index contributed by atoms with van der Waals surface area (Å²) in [5, 5.41) is 1.01. The highest BCUT2D eigenvalue weighted by Crippen LogP contribution is 2.45. The Kier molecular flexibility index (Phi) is 5.28. The Morgan fingerprint density at radius 2 is 2.04 bits per heavy atom. The lowest BCUT2D eigenvalue weighted by Gasteiger charge is -2.28. The van der Waals surface area contributed by atoms with E-state index in [1.807, 2.05) is 18.9 Å². The van der Waals surface area contributed by atoms with Gasteiger partial charge in [-0.2, -0.15) is 0 Å². The quantitative estimate of drug-likeness (QED) is 0.745. The molecule has 1 aromatic carbocycles. The molecule has 1 amide bonds. The van der Waals surface area contributed by atoms with Gasteiger partial charge in [-0.1, -0.05) is 12.1 Å². The zero-order valence-electron chi connectivity index (χ0n) is 15.8. The third-order valence-corrected chi connectivity index (χ3v) is 6.84. The number of carbonyl (C=O) groups excluding carboxylic acids is 1. The van der Waals surface area contributed by atoms with Gasteiger partial charge in [-0.25, -0.2) is 9.37 Å². The number of hydrogen-bond acceptors (Lipinski definition) is 4. The van der Waals surface area contributed by atoms with Gasteiger partial charge < -0.3 is 9.64 Å². The zero-order chi connectivity index (χ0) is 19.0. The SMILES string of the molecule is Cc1nc(C2CCCOC2)sc1C(=O)N(C)C(c1ccc(F)cc1)C1CC1. The molecule has 2 aliphatic rings. The van der Waals surface area contributed by atoms with Gasteiger partial charge in [0.25, 0.3) is 5.91 Å². The summed E-state index contributed by atoms with van der Waals surface area (Å²) in [7, 11) is 1.86. The summed E-state index contributed by atoms with van der Waals surface area (Å²) in [6.07, 6.45) is 4.31. The van der Waals surface area contributed by atoms with Gasteiger partial charge in [0, 0.05) is 19.6 Å². The molecular weight excluding hydrogens is 363 g/mol. The van der Waals surface area contributed by atoms with E-state index in [1.54, 1.807) is 12.1 Å². The molecule has 1 saturated heterocycles. The first-order valence-electron chi connectivity index (χ1n) is 9.62. The fraction of sp³-hybridized carbons (Fsp3) is 0.524. The standard InChI is InChI=1S/C21H25FN2O2S/c1-13-19(27-20(23-13)16-4-3-11-26-12-16)21(25)24(2)18(14-5-6-14)15-7-9-17(22)10-8-15/h7-10,14,16,18H,3-6,11-12H2,1-2H3. The second-order valence-electron chi connectivity index (χ2n) is 7.63. The average Bonchev–Trinajstić information content (AvgIpc) is 3.44. The fourth-order valence-electron chi connectivity index (χ4n) is 3.90. The van der Waals surface area contributed by atoms with Crippen LogP contribution in [0.4, 0.5) is 4.39 Å². The van der Waals surface area contributed by atoms with Gasteiger partial charge in [0.1, 0.15) is 10.7 Å². The van der Waals surface area contributed by atoms with Crippen molar-refractivity contribution in [3.8, 4) is 0 Å². The topological polar surface area (TPSA) is 42.4 Å². The van der Waals surface area contributed by atoms with E-state index in [9.17, 15) is 9.18 Å². The van der Waals surface area contributed by atoms with Gasteiger partial charge in [-0.15, -0.1) is 11.3 Å². The predicted molar refractivity (Wildman–Crippen MR) is 104 cm³/mol. The molecule has 2 aromatic rings. The number of thiazole rings is 1. The third kappa shape index (κ3) is 3.92. The lowest BCUT2D eigenvalue weighted by Crippen LogP contribution is -2.32. The number of rotatable bonds is 5. The number of nitrogens with zero attached hydrogens (tertiary/aromatic N) is 2. The van der Waals surface area contributed by atoms with Crippen LogP contribution in [0.1, 0.15) is 63.6 Å². The van der Waals surface area contributed by atoms with Crippen molar-refractivity contribution in [1.29, 1.82) is 0 Å². The molecule has 0 bridgehead atoms. The monoisotopic (exact) mass is 388 g/mol. The molecule has 1 aromatic heterocycles. The van der Waals surface area contributed by atoms with Crippen molar-refractivity contribution in [2.45, 2.75) is 44.6 Å². The van der Waals surface area contributed by atoms with Gasteiger partial charge in [0.05, 0.1) is 23.4 Å². The highest BCUT2D eigenvalue weighted by atomic mass is 32.1. The molecule has 2 heterocycles. The van der Waals surface area contributed by atoms with Gasteiger partial charge >= 0.3 is 0 Å². The molecular formula is C21H25FN2O2S. The van der Waals surface area contributed by atoms with E-state index < -0.39 is 0 Å². The Balaban J connectivity index is 1.57. The van der Waals surface area contributed by atoms with Gasteiger partial charge in [-0.3, -0.25) is 4.79 Å². The first-order valence-corrected chi connectivity index (χ1v) is 10.4. The van der Waals surface area contributed by atoms with E-state index in [4.69, 9.17) is 4.74 Å². The van der Waals surface area contributed by atoms with Crippen LogP contribution in [0.25, 0.3) is 0 Å². The molecule has 6 heteroatoms. The molecule has 0 spiro atoms. The number of benzene rings is 1.